The number of halogens is 21. The zero-order valence-electron chi connectivity index (χ0n) is 56.5. The number of carbonyl (C=O) groups is 6. The topological polar surface area (TPSA) is 143 Å². The molecule has 0 saturated carbocycles. The van der Waals surface area contributed by atoms with Crippen LogP contribution in [-0.2, 0) is 50.6 Å². The lowest BCUT2D eigenvalue weighted by Gasteiger charge is -2.27. The third-order valence-corrected chi connectivity index (χ3v) is 18.5. The SMILES string of the molecule is CC1C(=O)N(c2c(F)c(F)c(F)c(F)c2F)C(=O)C1C.CC1C(=O)Oc2c(F)c(F)c(F)c(F)c2C1C.CCC(C)(C)C(=O)Oc1c(I)cc(I)cc1I.Cc1cc(C(C)C(C)C(=O)OC(C)(C)C)cc(C(F)(F)F)c1.Cc1cc(C(C)C(C)C(=O)OC(C)C(F)(F)F)cc(C(F)(F)F)c1. The number of imide groups is 1. The van der Waals surface area contributed by atoms with Gasteiger partial charge in [0.15, 0.2) is 52.5 Å². The summed E-state index contributed by atoms with van der Waals surface area (Å²) in [5, 5.41) is 0. The first-order valence-corrected chi connectivity index (χ1v) is 33.3. The molecule has 0 radical (unpaired) electrons. The van der Waals surface area contributed by atoms with E-state index in [1.807, 2.05) is 32.9 Å². The number of nitrogens with zero attached hydrogens (tertiary/aromatic N) is 1. The van der Waals surface area contributed by atoms with Crippen LogP contribution in [0, 0.1) is 112 Å². The van der Waals surface area contributed by atoms with Gasteiger partial charge in [0.1, 0.15) is 11.3 Å². The van der Waals surface area contributed by atoms with Gasteiger partial charge in [-0.15, -0.1) is 0 Å². The second-order valence-corrected chi connectivity index (χ2v) is 29.0. The molecule has 9 unspecified atom stereocenters. The highest BCUT2D eigenvalue weighted by Gasteiger charge is 2.48. The van der Waals surface area contributed by atoms with E-state index in [1.165, 1.54) is 54.5 Å². The molecule has 32 heteroatoms. The molecule has 100 heavy (non-hydrogen) atoms. The first kappa shape index (κ1) is 88.3. The van der Waals surface area contributed by atoms with Crippen molar-refractivity contribution in [2.75, 3.05) is 4.90 Å². The number of ether oxygens (including phenoxy) is 4. The Bertz CT molecular complexity index is 3800. The van der Waals surface area contributed by atoms with E-state index in [0.29, 0.717) is 29.4 Å². The number of carbonyl (C=O) groups excluding carboxylic acids is 6. The third-order valence-electron chi connectivity index (χ3n) is 16.3. The third kappa shape index (κ3) is 22.0. The number of hydrogen-bond acceptors (Lipinski definition) is 10. The van der Waals surface area contributed by atoms with Crippen molar-refractivity contribution >= 4 is 109 Å². The maximum atomic E-state index is 13.6. The smallest absolute Gasteiger partial charge is 0.425 e. The van der Waals surface area contributed by atoms with Crippen LogP contribution in [0.25, 0.3) is 0 Å². The van der Waals surface area contributed by atoms with E-state index < -0.39 is 187 Å². The van der Waals surface area contributed by atoms with Crippen LogP contribution in [0.1, 0.15) is 167 Å². The first-order chi connectivity index (χ1) is 45.4. The molecule has 0 aromatic heterocycles. The van der Waals surface area contributed by atoms with E-state index in [0.717, 1.165) is 41.4 Å². The van der Waals surface area contributed by atoms with Crippen molar-refractivity contribution in [2.24, 2.45) is 35.0 Å². The molecule has 5 aromatic rings. The Morgan fingerprint density at radius 3 is 1.29 bits per heavy atom. The second kappa shape index (κ2) is 34.6. The molecule has 2 aliphatic heterocycles. The fraction of sp³-hybridized carbons (Fsp3) is 0.471. The molecule has 0 aliphatic carbocycles. The molecule has 2 amide bonds. The lowest BCUT2D eigenvalue weighted by atomic mass is 9.85. The predicted octanol–water partition coefficient (Wildman–Crippen LogP) is 20.6. The molecule has 1 fully saturated rings. The Morgan fingerprint density at radius 2 is 0.910 bits per heavy atom. The molecule has 2 aliphatic rings. The van der Waals surface area contributed by atoms with Crippen molar-refractivity contribution in [3.05, 3.63) is 151 Å². The normalized spacial score (nSPS) is 17.8. The van der Waals surface area contributed by atoms with Crippen LogP contribution in [0.2, 0.25) is 0 Å². The number of hydrogen-bond donors (Lipinski definition) is 0. The van der Waals surface area contributed by atoms with Gasteiger partial charge in [0, 0.05) is 26.9 Å². The number of aryl methyl sites for hydroxylation is 2. The number of alkyl halides is 9. The predicted molar refractivity (Wildman–Crippen MR) is 356 cm³/mol. The Hall–Kier alpha value is -5.95. The number of anilines is 1. The Balaban J connectivity index is 0.000000327. The standard InChI is InChI=1S/C17H23F3O2.C16H18F6O2.C12H8F5NO2.C12H13I3O2.C11H8F4O2/c1-10-7-13(9-14(8-10)17(18,19)20)11(2)12(3)15(21)22-16(4,5)6;1-8-5-12(7-13(6-8)16(20,21)22)9(2)10(3)14(23)24-11(4)15(17,18)19;1-3-4(2)12(20)18(11(3)19)10-8(16)6(14)5(13)7(15)9(10)17;1-4-12(2,3)11(16)17-10-8(14)5-7(13)6-9(10)15;1-3-4(2)11(16)17-10-5(3)6(12)7(13)8(14)9(10)15/h7-9,11-12H,1-6H3;5-7,9-11H,1-4H3;3-4H,1-2H3;5-6H,4H2,1-3H3;3-4H,1-2H3. The zero-order valence-corrected chi connectivity index (χ0v) is 63.0. The molecular weight excluding hydrogens is 1710 g/mol. The monoisotopic (exact) mass is 1780 g/mol. The van der Waals surface area contributed by atoms with E-state index in [1.54, 1.807) is 47.6 Å². The Labute approximate surface area is 605 Å². The van der Waals surface area contributed by atoms with Gasteiger partial charge in [-0.05, 0) is 189 Å². The molecule has 7 rings (SSSR count). The number of rotatable bonds is 11. The number of fused-ring (bicyclic) bond motifs is 1. The molecule has 1 saturated heterocycles. The first-order valence-electron chi connectivity index (χ1n) is 30.1. The number of amides is 2. The van der Waals surface area contributed by atoms with Crippen molar-refractivity contribution in [3.63, 3.8) is 0 Å². The maximum absolute atomic E-state index is 13.6. The summed E-state index contributed by atoms with van der Waals surface area (Å²) in [6.07, 6.45) is -15.1. The lowest BCUT2D eigenvalue weighted by Crippen LogP contribution is -2.33. The summed E-state index contributed by atoms with van der Waals surface area (Å²) in [6.45, 7) is 26.6. The summed E-state index contributed by atoms with van der Waals surface area (Å²) in [6, 6.07) is 11.2. The molecule has 2 heterocycles. The van der Waals surface area contributed by atoms with Gasteiger partial charge >= 0.3 is 42.4 Å². The molecule has 11 nitrogen and oxygen atoms in total. The molecular formula is C68H70F18I3NO10. The summed E-state index contributed by atoms with van der Waals surface area (Å²) in [7, 11) is 0. The summed E-state index contributed by atoms with van der Waals surface area (Å²) in [5.41, 5.74) is -2.99. The van der Waals surface area contributed by atoms with Gasteiger partial charge in [-0.1, -0.05) is 85.6 Å². The van der Waals surface area contributed by atoms with Gasteiger partial charge in [0.25, 0.3) is 0 Å². The largest absolute Gasteiger partial charge is 0.460 e. The van der Waals surface area contributed by atoms with Crippen molar-refractivity contribution in [2.45, 2.75) is 172 Å². The van der Waals surface area contributed by atoms with Gasteiger partial charge in [-0.25, -0.2) is 40.0 Å². The van der Waals surface area contributed by atoms with Crippen LogP contribution in [0.3, 0.4) is 0 Å². The van der Waals surface area contributed by atoms with Crippen molar-refractivity contribution < 1.29 is 127 Å². The molecule has 554 valence electrons. The summed E-state index contributed by atoms with van der Waals surface area (Å²) < 4.78 is 256. The van der Waals surface area contributed by atoms with Crippen molar-refractivity contribution in [3.8, 4) is 11.5 Å². The molecule has 0 spiro atoms. The van der Waals surface area contributed by atoms with Gasteiger partial charge in [0.2, 0.25) is 29.3 Å². The van der Waals surface area contributed by atoms with Gasteiger partial charge in [-0.3, -0.25) is 28.8 Å². The quantitative estimate of drug-likeness (QED) is 0.0238. The fourth-order valence-corrected chi connectivity index (χ4v) is 12.7. The molecule has 9 atom stereocenters. The van der Waals surface area contributed by atoms with Crippen molar-refractivity contribution in [1.29, 1.82) is 0 Å². The summed E-state index contributed by atoms with van der Waals surface area (Å²) in [4.78, 5) is 70.8. The van der Waals surface area contributed by atoms with Gasteiger partial charge in [-0.2, -0.15) is 43.9 Å². The Morgan fingerprint density at radius 1 is 0.530 bits per heavy atom. The van der Waals surface area contributed by atoms with E-state index in [-0.39, 0.29) is 22.4 Å². The molecule has 0 N–H and O–H groups in total. The van der Waals surface area contributed by atoms with Crippen LogP contribution < -0.4 is 14.4 Å². The average molecular weight is 1780 g/mol. The van der Waals surface area contributed by atoms with Crippen LogP contribution in [0.4, 0.5) is 84.7 Å². The highest BCUT2D eigenvalue weighted by atomic mass is 127. The van der Waals surface area contributed by atoms with Gasteiger partial charge in [0.05, 0.1) is 41.4 Å². The highest BCUT2D eigenvalue weighted by Crippen LogP contribution is 2.44. The fourth-order valence-electron chi connectivity index (χ4n) is 8.95. The number of esters is 4. The van der Waals surface area contributed by atoms with Crippen LogP contribution in [0.5, 0.6) is 11.5 Å². The second-order valence-electron chi connectivity index (χ2n) is 25.4. The van der Waals surface area contributed by atoms with Crippen molar-refractivity contribution in [1.82, 2.24) is 0 Å². The molecule has 5 aromatic carbocycles. The number of benzene rings is 5. The van der Waals surface area contributed by atoms with Crippen LogP contribution in [-0.4, -0.2) is 53.6 Å². The van der Waals surface area contributed by atoms with E-state index in [4.69, 9.17) is 9.47 Å². The highest BCUT2D eigenvalue weighted by molar-refractivity contribution is 14.1. The summed E-state index contributed by atoms with van der Waals surface area (Å²) in [5.74, 6) is -28.9. The van der Waals surface area contributed by atoms with Crippen LogP contribution >= 0.6 is 67.8 Å². The minimum atomic E-state index is -4.69. The zero-order chi connectivity index (χ0) is 77.6. The van der Waals surface area contributed by atoms with E-state index >= 15 is 0 Å². The minimum absolute atomic E-state index is 0.0194. The van der Waals surface area contributed by atoms with E-state index in [2.05, 4.69) is 77.2 Å². The minimum Gasteiger partial charge on any atom is -0.460 e. The lowest BCUT2D eigenvalue weighted by molar-refractivity contribution is -0.218. The molecule has 0 bridgehead atoms. The maximum Gasteiger partial charge on any atom is 0.425 e. The van der Waals surface area contributed by atoms with Gasteiger partial charge < -0.3 is 18.9 Å². The van der Waals surface area contributed by atoms with E-state index in [9.17, 15) is 108 Å². The average Bonchev–Trinajstić information content (AvgIpc) is 1.36. The summed E-state index contributed by atoms with van der Waals surface area (Å²) >= 11 is 6.65. The van der Waals surface area contributed by atoms with Crippen LogP contribution in [0.15, 0.2) is 48.5 Å². The Kier molecular flexibility index (Phi) is 30.5.